The Labute approximate surface area is 259 Å². The molecule has 0 aliphatic carbocycles. The monoisotopic (exact) mass is 588 g/mol. The Morgan fingerprint density at radius 2 is 1.33 bits per heavy atom. The maximum Gasteiger partial charge on any atom is 0.271 e. The minimum absolute atomic E-state index is 0.0132. The standard InChI is InChI=1S/C35H52N6O2/c1-3-4-5-6-7-8-9-10-11-12-13-14-15-16-17-18-19-20-21-22-34(42)39-28-32(41-25-23-36-24-26-41)29-40-35(43)33-30-37-31(2)27-38-33/h4-5,7-8,10-11,13-14,16-17,19-20,27,30,32,36H,3,6,9,12,15,18,21-26,28-29H2,1-2H3,(H,39,42)(H,40,43). The van der Waals surface area contributed by atoms with Gasteiger partial charge >= 0.3 is 0 Å². The Balaban J connectivity index is 1.58. The van der Waals surface area contributed by atoms with Crippen LogP contribution in [0.15, 0.2) is 85.3 Å². The molecule has 1 aliphatic heterocycles. The molecule has 2 amide bonds. The van der Waals surface area contributed by atoms with Crippen LogP contribution in [0.3, 0.4) is 0 Å². The van der Waals surface area contributed by atoms with Crippen molar-refractivity contribution in [2.75, 3.05) is 39.3 Å². The molecule has 3 N–H and O–H groups in total. The van der Waals surface area contributed by atoms with Gasteiger partial charge in [-0.3, -0.25) is 19.5 Å². The Hall–Kier alpha value is -3.62. The number of carbonyl (C=O) groups is 2. The molecule has 1 aromatic rings. The lowest BCUT2D eigenvalue weighted by atomic mass is 10.2. The van der Waals surface area contributed by atoms with Gasteiger partial charge in [-0.25, -0.2) is 4.98 Å². The smallest absolute Gasteiger partial charge is 0.271 e. The number of allylic oxidation sites excluding steroid dienone is 12. The van der Waals surface area contributed by atoms with Crippen molar-refractivity contribution < 1.29 is 9.59 Å². The normalized spacial score (nSPS) is 15.6. The Morgan fingerprint density at radius 1 is 0.791 bits per heavy atom. The Kier molecular flexibility index (Phi) is 19.8. The molecule has 0 spiro atoms. The van der Waals surface area contributed by atoms with Crippen LogP contribution in [0, 0.1) is 6.92 Å². The van der Waals surface area contributed by atoms with Crippen LogP contribution < -0.4 is 16.0 Å². The molecular weight excluding hydrogens is 536 g/mol. The molecule has 8 nitrogen and oxygen atoms in total. The number of piperazine rings is 1. The summed E-state index contributed by atoms with van der Waals surface area (Å²) in [5.41, 5.74) is 1.06. The number of nitrogens with zero attached hydrogens (tertiary/aromatic N) is 3. The molecular formula is C35H52N6O2. The lowest BCUT2D eigenvalue weighted by molar-refractivity contribution is -0.121. The van der Waals surface area contributed by atoms with Crippen molar-refractivity contribution in [2.24, 2.45) is 0 Å². The molecule has 8 heteroatoms. The fraction of sp³-hybridized carbons (Fsp3) is 0.486. The maximum atomic E-state index is 12.5. The van der Waals surface area contributed by atoms with E-state index in [-0.39, 0.29) is 17.9 Å². The van der Waals surface area contributed by atoms with Crippen molar-refractivity contribution in [3.8, 4) is 0 Å². The van der Waals surface area contributed by atoms with E-state index in [0.29, 0.717) is 31.6 Å². The van der Waals surface area contributed by atoms with Crippen LogP contribution in [0.25, 0.3) is 0 Å². The highest BCUT2D eigenvalue weighted by Gasteiger charge is 2.22. The van der Waals surface area contributed by atoms with Gasteiger partial charge in [-0.1, -0.05) is 79.8 Å². The molecule has 1 saturated heterocycles. The van der Waals surface area contributed by atoms with Crippen molar-refractivity contribution in [3.63, 3.8) is 0 Å². The van der Waals surface area contributed by atoms with E-state index in [1.54, 1.807) is 6.20 Å². The maximum absolute atomic E-state index is 12.5. The van der Waals surface area contributed by atoms with E-state index in [9.17, 15) is 9.59 Å². The van der Waals surface area contributed by atoms with E-state index in [4.69, 9.17) is 0 Å². The molecule has 2 rings (SSSR count). The molecule has 0 bridgehead atoms. The minimum Gasteiger partial charge on any atom is -0.354 e. The average molecular weight is 589 g/mol. The topological polar surface area (TPSA) is 99.2 Å². The number of aryl methyl sites for hydroxylation is 1. The van der Waals surface area contributed by atoms with Crippen LogP contribution in [0.5, 0.6) is 0 Å². The van der Waals surface area contributed by atoms with Crippen LogP contribution in [-0.2, 0) is 4.79 Å². The van der Waals surface area contributed by atoms with E-state index in [0.717, 1.165) is 70.4 Å². The molecule has 0 radical (unpaired) electrons. The number of hydrogen-bond donors (Lipinski definition) is 3. The van der Waals surface area contributed by atoms with Gasteiger partial charge in [0.15, 0.2) is 0 Å². The van der Waals surface area contributed by atoms with Gasteiger partial charge in [0.25, 0.3) is 5.91 Å². The first-order chi connectivity index (χ1) is 21.1. The van der Waals surface area contributed by atoms with E-state index in [1.165, 1.54) is 6.20 Å². The first-order valence-electron chi connectivity index (χ1n) is 15.8. The van der Waals surface area contributed by atoms with Gasteiger partial charge in [-0.15, -0.1) is 0 Å². The van der Waals surface area contributed by atoms with E-state index < -0.39 is 0 Å². The van der Waals surface area contributed by atoms with Crippen LogP contribution in [-0.4, -0.2) is 72.0 Å². The van der Waals surface area contributed by atoms with E-state index in [1.807, 2.05) is 6.92 Å². The summed E-state index contributed by atoms with van der Waals surface area (Å²) in [6.45, 7) is 8.44. The number of hydrogen-bond acceptors (Lipinski definition) is 6. The van der Waals surface area contributed by atoms with Gasteiger partial charge in [-0.2, -0.15) is 0 Å². The Bertz CT molecular complexity index is 1080. The number of aromatic nitrogens is 2. The van der Waals surface area contributed by atoms with Crippen molar-refractivity contribution in [1.29, 1.82) is 0 Å². The highest BCUT2D eigenvalue weighted by molar-refractivity contribution is 5.91. The molecule has 1 aromatic heterocycles. The van der Waals surface area contributed by atoms with Gasteiger partial charge in [0.05, 0.1) is 11.9 Å². The predicted molar refractivity (Wildman–Crippen MR) is 178 cm³/mol. The molecule has 2 heterocycles. The zero-order chi connectivity index (χ0) is 30.8. The average Bonchev–Trinajstić information content (AvgIpc) is 3.02. The summed E-state index contributed by atoms with van der Waals surface area (Å²) in [4.78, 5) is 35.6. The number of carbonyl (C=O) groups excluding carboxylic acids is 2. The van der Waals surface area contributed by atoms with Crippen molar-refractivity contribution in [3.05, 3.63) is 96.7 Å². The SMILES string of the molecule is CCC=CCC=CCC=CCC=CCC=CCC=CCCC(=O)NCC(CNC(=O)c1cnc(C)cn1)N1CCNCC1. The molecule has 1 aliphatic rings. The number of nitrogens with one attached hydrogen (secondary N) is 3. The molecule has 43 heavy (non-hydrogen) atoms. The molecule has 0 saturated carbocycles. The zero-order valence-corrected chi connectivity index (χ0v) is 26.2. The third kappa shape index (κ3) is 17.8. The summed E-state index contributed by atoms with van der Waals surface area (Å²) in [6, 6.07) is 0.0132. The first-order valence-corrected chi connectivity index (χ1v) is 15.8. The summed E-state index contributed by atoms with van der Waals surface area (Å²) < 4.78 is 0. The summed E-state index contributed by atoms with van der Waals surface area (Å²) in [5, 5.41) is 9.38. The van der Waals surface area contributed by atoms with Crippen molar-refractivity contribution >= 4 is 11.8 Å². The van der Waals surface area contributed by atoms with Gasteiger partial charge in [-0.05, 0) is 51.9 Å². The fourth-order valence-corrected chi connectivity index (χ4v) is 4.36. The number of amides is 2. The van der Waals surface area contributed by atoms with Crippen molar-refractivity contribution in [1.82, 2.24) is 30.8 Å². The summed E-state index contributed by atoms with van der Waals surface area (Å²) in [6.07, 6.45) is 36.2. The molecule has 234 valence electrons. The predicted octanol–water partition coefficient (Wildman–Crippen LogP) is 5.38. The zero-order valence-electron chi connectivity index (χ0n) is 26.2. The van der Waals surface area contributed by atoms with Crippen LogP contribution in [0.4, 0.5) is 0 Å². The second-order valence-electron chi connectivity index (χ2n) is 10.5. The minimum atomic E-state index is -0.253. The lowest BCUT2D eigenvalue weighted by Gasteiger charge is -2.35. The fourth-order valence-electron chi connectivity index (χ4n) is 4.36. The summed E-state index contributed by atoms with van der Waals surface area (Å²) >= 11 is 0. The summed E-state index contributed by atoms with van der Waals surface area (Å²) in [5.74, 6) is -0.230. The van der Waals surface area contributed by atoms with E-state index >= 15 is 0 Å². The van der Waals surface area contributed by atoms with Gasteiger partial charge < -0.3 is 16.0 Å². The second kappa shape index (κ2) is 23.9. The van der Waals surface area contributed by atoms with Gasteiger partial charge in [0, 0.05) is 57.9 Å². The molecule has 1 fully saturated rings. The van der Waals surface area contributed by atoms with Crippen LogP contribution >= 0.6 is 0 Å². The highest BCUT2D eigenvalue weighted by Crippen LogP contribution is 2.03. The molecule has 1 atom stereocenters. The Morgan fingerprint density at radius 3 is 1.86 bits per heavy atom. The molecule has 0 aromatic carbocycles. The third-order valence-corrected chi connectivity index (χ3v) is 6.85. The van der Waals surface area contributed by atoms with Gasteiger partial charge in [0.2, 0.25) is 5.91 Å². The first kappa shape index (κ1) is 35.6. The highest BCUT2D eigenvalue weighted by atomic mass is 16.2. The van der Waals surface area contributed by atoms with Gasteiger partial charge in [0.1, 0.15) is 5.69 Å². The second-order valence-corrected chi connectivity index (χ2v) is 10.5. The quantitative estimate of drug-likeness (QED) is 0.177. The van der Waals surface area contributed by atoms with Crippen LogP contribution in [0.2, 0.25) is 0 Å². The third-order valence-electron chi connectivity index (χ3n) is 6.85. The van der Waals surface area contributed by atoms with Crippen molar-refractivity contribution in [2.45, 2.75) is 71.3 Å². The number of rotatable bonds is 20. The molecule has 1 unspecified atom stereocenters. The summed E-state index contributed by atoms with van der Waals surface area (Å²) in [7, 11) is 0. The van der Waals surface area contributed by atoms with E-state index in [2.05, 4.69) is 111 Å². The lowest BCUT2D eigenvalue weighted by Crippen LogP contribution is -2.55. The van der Waals surface area contributed by atoms with Crippen LogP contribution in [0.1, 0.15) is 74.5 Å². The largest absolute Gasteiger partial charge is 0.354 e.